The number of hydrogen-bond acceptors (Lipinski definition) is 6. The van der Waals surface area contributed by atoms with Crippen LogP contribution in [0.25, 0.3) is 0 Å². The van der Waals surface area contributed by atoms with Gasteiger partial charge >= 0.3 is 17.9 Å². The molecule has 0 aliphatic carbocycles. The highest BCUT2D eigenvalue weighted by molar-refractivity contribution is 5.89. The maximum Gasteiger partial charge on any atom is 0.328 e. The van der Waals surface area contributed by atoms with E-state index in [-0.39, 0.29) is 5.97 Å². The highest BCUT2D eigenvalue weighted by atomic mass is 16.5. The van der Waals surface area contributed by atoms with Crippen LogP contribution < -0.4 is 0 Å². The summed E-state index contributed by atoms with van der Waals surface area (Å²) in [6.07, 6.45) is 5.34. The number of rotatable bonds is 9. The van der Waals surface area contributed by atoms with Crippen LogP contribution in [-0.2, 0) is 24.5 Å². The molecule has 2 aromatic rings. The second kappa shape index (κ2) is 14.4. The van der Waals surface area contributed by atoms with Gasteiger partial charge in [-0.2, -0.15) is 0 Å². The third-order valence-electron chi connectivity index (χ3n) is 7.27. The standard InChI is InChI=1S/C26H34N2O2.C4H4O4/c1-2-30-25(29)26(23-13-7-4-8-14-23)15-19-27(20-16-26)21-24(28-17-9-10-18-28)22-11-5-3-6-12-22;5-3(6)1-2-4(7)8/h3-8,11-14,24H,2,9-10,15-21H2,1H3;1-2H,(H,5,6)(H,7,8)/b;2-1-. The van der Waals surface area contributed by atoms with Gasteiger partial charge in [0.1, 0.15) is 0 Å². The quantitative estimate of drug-likeness (QED) is 0.374. The maximum atomic E-state index is 13.0. The molecule has 8 heteroatoms. The monoisotopic (exact) mass is 522 g/mol. The Morgan fingerprint density at radius 2 is 1.39 bits per heavy atom. The van der Waals surface area contributed by atoms with E-state index in [0.29, 0.717) is 24.8 Å². The van der Waals surface area contributed by atoms with Gasteiger partial charge in [-0.05, 0) is 69.9 Å². The molecule has 1 atom stereocenters. The van der Waals surface area contributed by atoms with E-state index in [4.69, 9.17) is 14.9 Å². The number of benzene rings is 2. The maximum absolute atomic E-state index is 13.0. The molecule has 2 N–H and O–H groups in total. The Balaban J connectivity index is 0.000000436. The number of carboxylic acid groups (broad SMARTS) is 2. The Bertz CT molecular complexity index is 1040. The summed E-state index contributed by atoms with van der Waals surface area (Å²) in [5.74, 6) is -2.57. The van der Waals surface area contributed by atoms with Crippen molar-refractivity contribution < 1.29 is 29.3 Å². The first-order chi connectivity index (χ1) is 18.4. The SMILES string of the molecule is CCOC(=O)C1(c2ccccc2)CCN(CC(c2ccccc2)N2CCCC2)CC1.O=C(O)/C=C\C(=O)O. The molecule has 0 bridgehead atoms. The van der Waals surface area contributed by atoms with E-state index >= 15 is 0 Å². The number of carbonyl (C=O) groups is 3. The molecule has 4 rings (SSSR count). The number of nitrogens with zero attached hydrogens (tertiary/aromatic N) is 2. The van der Waals surface area contributed by atoms with Crippen molar-refractivity contribution in [3.8, 4) is 0 Å². The fourth-order valence-electron chi connectivity index (χ4n) is 5.30. The third-order valence-corrected chi connectivity index (χ3v) is 7.27. The molecular weight excluding hydrogens is 484 g/mol. The molecule has 0 amide bonds. The predicted octanol–water partition coefficient (Wildman–Crippen LogP) is 4.13. The number of aliphatic carboxylic acids is 2. The molecule has 1 unspecified atom stereocenters. The molecule has 0 aromatic heterocycles. The zero-order valence-electron chi connectivity index (χ0n) is 22.0. The van der Waals surface area contributed by atoms with Gasteiger partial charge in [-0.1, -0.05) is 60.7 Å². The molecule has 38 heavy (non-hydrogen) atoms. The van der Waals surface area contributed by atoms with E-state index in [0.717, 1.165) is 38.0 Å². The van der Waals surface area contributed by atoms with Crippen molar-refractivity contribution in [2.45, 2.75) is 44.1 Å². The fraction of sp³-hybridized carbons (Fsp3) is 0.433. The number of carboxylic acids is 2. The topological polar surface area (TPSA) is 107 Å². The first kappa shape index (κ1) is 29.1. The average Bonchev–Trinajstić information content (AvgIpc) is 3.47. The van der Waals surface area contributed by atoms with Crippen LogP contribution in [0.5, 0.6) is 0 Å². The molecule has 204 valence electrons. The second-order valence-electron chi connectivity index (χ2n) is 9.65. The van der Waals surface area contributed by atoms with E-state index < -0.39 is 17.4 Å². The number of hydrogen-bond donors (Lipinski definition) is 2. The number of likely N-dealkylation sites (tertiary alicyclic amines) is 2. The van der Waals surface area contributed by atoms with E-state index in [9.17, 15) is 14.4 Å². The summed E-state index contributed by atoms with van der Waals surface area (Å²) in [5, 5.41) is 15.6. The number of ether oxygens (including phenoxy) is 1. The van der Waals surface area contributed by atoms with Crippen LogP contribution in [0, 0.1) is 0 Å². The van der Waals surface area contributed by atoms with Crippen LogP contribution in [0.2, 0.25) is 0 Å². The van der Waals surface area contributed by atoms with Gasteiger partial charge in [-0.25, -0.2) is 9.59 Å². The van der Waals surface area contributed by atoms with Gasteiger partial charge in [0.15, 0.2) is 0 Å². The number of piperidine rings is 1. The minimum Gasteiger partial charge on any atom is -0.478 e. The van der Waals surface area contributed by atoms with Crippen molar-refractivity contribution in [2.24, 2.45) is 0 Å². The van der Waals surface area contributed by atoms with Gasteiger partial charge in [0, 0.05) is 24.7 Å². The molecule has 0 radical (unpaired) electrons. The summed E-state index contributed by atoms with van der Waals surface area (Å²) in [6, 6.07) is 21.6. The van der Waals surface area contributed by atoms with Crippen LogP contribution in [0.3, 0.4) is 0 Å². The Hall–Kier alpha value is -3.49. The molecule has 2 aromatic carbocycles. The van der Waals surface area contributed by atoms with Gasteiger partial charge in [-0.3, -0.25) is 9.69 Å². The van der Waals surface area contributed by atoms with E-state index in [1.165, 1.54) is 31.5 Å². The van der Waals surface area contributed by atoms with Crippen molar-refractivity contribution in [3.05, 3.63) is 83.9 Å². The van der Waals surface area contributed by atoms with Crippen LogP contribution >= 0.6 is 0 Å². The van der Waals surface area contributed by atoms with E-state index in [1.807, 2.05) is 25.1 Å². The molecule has 0 saturated carbocycles. The van der Waals surface area contributed by atoms with Gasteiger partial charge in [0.2, 0.25) is 0 Å². The predicted molar refractivity (Wildman–Crippen MR) is 145 cm³/mol. The van der Waals surface area contributed by atoms with Crippen molar-refractivity contribution in [1.29, 1.82) is 0 Å². The summed E-state index contributed by atoms with van der Waals surface area (Å²) in [4.78, 5) is 37.3. The molecule has 2 aliphatic heterocycles. The van der Waals surface area contributed by atoms with Gasteiger partial charge in [0.25, 0.3) is 0 Å². The lowest BCUT2D eigenvalue weighted by atomic mass is 9.72. The van der Waals surface area contributed by atoms with Crippen LogP contribution in [-0.4, -0.2) is 77.3 Å². The lowest BCUT2D eigenvalue weighted by Crippen LogP contribution is -2.49. The Kier molecular flexibility index (Phi) is 11.1. The highest BCUT2D eigenvalue weighted by Crippen LogP contribution is 2.38. The zero-order valence-corrected chi connectivity index (χ0v) is 22.0. The third kappa shape index (κ3) is 8.00. The van der Waals surface area contributed by atoms with Crippen molar-refractivity contribution in [2.75, 3.05) is 39.3 Å². The minimum absolute atomic E-state index is 0.0602. The first-order valence-electron chi connectivity index (χ1n) is 13.2. The van der Waals surface area contributed by atoms with Crippen molar-refractivity contribution >= 4 is 17.9 Å². The summed E-state index contributed by atoms with van der Waals surface area (Å²) in [5.41, 5.74) is 2.00. The highest BCUT2D eigenvalue weighted by Gasteiger charge is 2.44. The summed E-state index contributed by atoms with van der Waals surface area (Å²) in [6.45, 7) is 7.57. The summed E-state index contributed by atoms with van der Waals surface area (Å²) in [7, 11) is 0. The van der Waals surface area contributed by atoms with Crippen molar-refractivity contribution in [3.63, 3.8) is 0 Å². The Morgan fingerprint density at radius 3 is 1.89 bits per heavy atom. The van der Waals surface area contributed by atoms with Crippen molar-refractivity contribution in [1.82, 2.24) is 9.80 Å². The van der Waals surface area contributed by atoms with E-state index in [2.05, 4.69) is 52.3 Å². The van der Waals surface area contributed by atoms with Gasteiger partial charge < -0.3 is 19.8 Å². The smallest absolute Gasteiger partial charge is 0.328 e. The molecule has 2 fully saturated rings. The summed E-state index contributed by atoms with van der Waals surface area (Å²) < 4.78 is 5.54. The number of esters is 1. The Morgan fingerprint density at radius 1 is 0.868 bits per heavy atom. The van der Waals surface area contributed by atoms with E-state index in [1.54, 1.807) is 0 Å². The first-order valence-corrected chi connectivity index (χ1v) is 13.2. The largest absolute Gasteiger partial charge is 0.478 e. The molecule has 8 nitrogen and oxygen atoms in total. The van der Waals surface area contributed by atoms with Crippen LogP contribution in [0.1, 0.15) is 49.8 Å². The molecule has 2 aliphatic rings. The molecular formula is C30H38N2O6. The molecule has 2 saturated heterocycles. The minimum atomic E-state index is -1.26. The van der Waals surface area contributed by atoms with Crippen LogP contribution in [0.15, 0.2) is 72.8 Å². The Labute approximate surface area is 224 Å². The average molecular weight is 523 g/mol. The normalized spacial score (nSPS) is 18.3. The molecule has 2 heterocycles. The fourth-order valence-corrected chi connectivity index (χ4v) is 5.30. The van der Waals surface area contributed by atoms with Gasteiger partial charge in [0.05, 0.1) is 12.0 Å². The number of carbonyl (C=O) groups excluding carboxylic acids is 1. The second-order valence-corrected chi connectivity index (χ2v) is 9.65. The zero-order chi connectivity index (χ0) is 27.4. The van der Waals surface area contributed by atoms with Gasteiger partial charge in [-0.15, -0.1) is 0 Å². The lowest BCUT2D eigenvalue weighted by Gasteiger charge is -2.42. The molecule has 0 spiro atoms. The summed E-state index contributed by atoms with van der Waals surface area (Å²) >= 11 is 0. The lowest BCUT2D eigenvalue weighted by molar-refractivity contribution is -0.152. The van der Waals surface area contributed by atoms with Crippen LogP contribution in [0.4, 0.5) is 0 Å².